The second-order valence-corrected chi connectivity index (χ2v) is 5.84. The zero-order valence-electron chi connectivity index (χ0n) is 13.0. The van der Waals surface area contributed by atoms with Gasteiger partial charge in [-0.15, -0.1) is 24.5 Å². The van der Waals surface area contributed by atoms with Crippen molar-refractivity contribution in [3.05, 3.63) is 65.3 Å². The largest absolute Gasteiger partial charge is 0.573 e. The lowest BCUT2D eigenvalue weighted by Crippen LogP contribution is -2.18. The van der Waals surface area contributed by atoms with E-state index in [2.05, 4.69) is 20.2 Å². The number of alkyl halides is 3. The van der Waals surface area contributed by atoms with Crippen LogP contribution in [0.5, 0.6) is 5.75 Å². The van der Waals surface area contributed by atoms with Crippen LogP contribution in [-0.2, 0) is 0 Å². The maximum Gasteiger partial charge on any atom is 0.573 e. The molecule has 0 radical (unpaired) electrons. The lowest BCUT2D eigenvalue weighted by Gasteiger charge is -2.10. The molecule has 134 valence electrons. The molecule has 0 aliphatic rings. The first-order valence-corrected chi connectivity index (χ1v) is 8.14. The molecule has 26 heavy (non-hydrogen) atoms. The fourth-order valence-corrected chi connectivity index (χ4v) is 2.72. The van der Waals surface area contributed by atoms with Crippen LogP contribution < -0.4 is 10.2 Å². The third-order valence-corrected chi connectivity index (χ3v) is 3.90. The van der Waals surface area contributed by atoms with Gasteiger partial charge in [0.1, 0.15) is 0 Å². The maximum absolute atomic E-state index is 14.0. The topological polar surface area (TPSA) is 46.5 Å². The van der Waals surface area contributed by atoms with Crippen LogP contribution in [0.1, 0.15) is 5.56 Å². The Morgan fingerprint density at radius 3 is 2.58 bits per heavy atom. The Balaban J connectivity index is 1.70. The molecular formula is C17H11F4N3OS. The van der Waals surface area contributed by atoms with E-state index in [1.54, 1.807) is 0 Å². The van der Waals surface area contributed by atoms with Crippen LogP contribution in [0.3, 0.4) is 0 Å². The summed E-state index contributed by atoms with van der Waals surface area (Å²) < 4.78 is 54.3. The number of halogens is 4. The molecule has 3 rings (SSSR count). The minimum atomic E-state index is -4.97. The number of anilines is 1. The number of aromatic nitrogens is 1. The highest BCUT2D eigenvalue weighted by atomic mass is 32.1. The summed E-state index contributed by atoms with van der Waals surface area (Å²) in [6, 6.07) is 12.9. The summed E-state index contributed by atoms with van der Waals surface area (Å²) in [4.78, 5) is 4.33. The molecule has 0 bridgehead atoms. The van der Waals surface area contributed by atoms with Crippen molar-refractivity contribution in [2.45, 2.75) is 6.36 Å². The minimum Gasteiger partial charge on any atom is -0.403 e. The highest BCUT2D eigenvalue weighted by molar-refractivity contribution is 7.14. The predicted octanol–water partition coefficient (Wildman–Crippen LogP) is 5.29. The molecular weight excluding hydrogens is 370 g/mol. The van der Waals surface area contributed by atoms with Crippen molar-refractivity contribution >= 4 is 22.7 Å². The minimum absolute atomic E-state index is 0.154. The first-order chi connectivity index (χ1) is 12.4. The van der Waals surface area contributed by atoms with E-state index in [0.717, 1.165) is 23.5 Å². The molecule has 9 heteroatoms. The van der Waals surface area contributed by atoms with Crippen LogP contribution in [0.4, 0.5) is 22.7 Å². The van der Waals surface area contributed by atoms with Gasteiger partial charge in [-0.2, -0.15) is 5.10 Å². The number of hydrazone groups is 1. The summed E-state index contributed by atoms with van der Waals surface area (Å²) >= 11 is 1.29. The van der Waals surface area contributed by atoms with Crippen LogP contribution in [-0.4, -0.2) is 17.6 Å². The number of nitrogens with zero attached hydrogens (tertiary/aromatic N) is 2. The number of hydrogen-bond donors (Lipinski definition) is 1. The number of hydrogen-bond acceptors (Lipinski definition) is 5. The van der Waals surface area contributed by atoms with E-state index in [1.165, 1.54) is 23.5 Å². The number of thiazole rings is 1. The molecule has 4 nitrogen and oxygen atoms in total. The predicted molar refractivity (Wildman–Crippen MR) is 91.8 cm³/mol. The Kier molecular flexibility index (Phi) is 5.17. The van der Waals surface area contributed by atoms with Gasteiger partial charge in [-0.05, 0) is 6.07 Å². The Morgan fingerprint density at radius 1 is 1.08 bits per heavy atom. The third kappa shape index (κ3) is 4.57. The molecule has 0 aliphatic carbocycles. The molecule has 1 aromatic heterocycles. The molecule has 1 N–H and O–H groups in total. The molecule has 1 heterocycles. The first-order valence-electron chi connectivity index (χ1n) is 7.27. The van der Waals surface area contributed by atoms with Gasteiger partial charge in [-0.3, -0.25) is 5.43 Å². The van der Waals surface area contributed by atoms with Gasteiger partial charge in [-0.1, -0.05) is 42.5 Å². The van der Waals surface area contributed by atoms with Crippen molar-refractivity contribution in [1.29, 1.82) is 0 Å². The van der Waals surface area contributed by atoms with Gasteiger partial charge in [0.25, 0.3) is 0 Å². The third-order valence-electron chi connectivity index (χ3n) is 3.16. The summed E-state index contributed by atoms with van der Waals surface area (Å²) in [6.45, 7) is 0. The van der Waals surface area contributed by atoms with E-state index >= 15 is 0 Å². The number of nitrogens with one attached hydrogen (secondary N) is 1. The standard InChI is InChI=1S/C17H11F4N3OS/c18-15-12(7-4-8-14(15)25-17(19,20)21)9-22-24-16-23-13(10-26-16)11-5-2-1-3-6-11/h1-10H,(H,23,24). The van der Waals surface area contributed by atoms with E-state index in [-0.39, 0.29) is 5.56 Å². The average molecular weight is 381 g/mol. The number of ether oxygens (including phenoxy) is 1. The molecule has 0 fully saturated rings. The molecule has 2 aromatic carbocycles. The Hall–Kier alpha value is -2.94. The fourth-order valence-electron chi connectivity index (χ4n) is 2.05. The fraction of sp³-hybridized carbons (Fsp3) is 0.0588. The number of rotatable bonds is 5. The summed E-state index contributed by atoms with van der Waals surface area (Å²) in [5.41, 5.74) is 4.16. The highest BCUT2D eigenvalue weighted by Crippen LogP contribution is 2.27. The Bertz CT molecular complexity index is 910. The second kappa shape index (κ2) is 7.52. The second-order valence-electron chi connectivity index (χ2n) is 4.98. The Morgan fingerprint density at radius 2 is 1.85 bits per heavy atom. The van der Waals surface area contributed by atoms with E-state index in [9.17, 15) is 17.6 Å². The summed E-state index contributed by atoms with van der Waals surface area (Å²) in [5, 5.41) is 6.10. The lowest BCUT2D eigenvalue weighted by molar-refractivity contribution is -0.275. The van der Waals surface area contributed by atoms with Crippen LogP contribution in [0.15, 0.2) is 59.0 Å². The highest BCUT2D eigenvalue weighted by Gasteiger charge is 2.32. The Labute approximate surface area is 149 Å². The van der Waals surface area contributed by atoms with Crippen LogP contribution >= 0.6 is 11.3 Å². The van der Waals surface area contributed by atoms with Crippen molar-refractivity contribution in [2.24, 2.45) is 5.10 Å². The van der Waals surface area contributed by atoms with Crippen LogP contribution in [0, 0.1) is 5.82 Å². The molecule has 0 aliphatic heterocycles. The van der Waals surface area contributed by atoms with Crippen molar-refractivity contribution in [3.63, 3.8) is 0 Å². The summed E-state index contributed by atoms with van der Waals surface area (Å²) in [6.07, 6.45) is -3.91. The smallest absolute Gasteiger partial charge is 0.403 e. The van der Waals surface area contributed by atoms with E-state index in [1.807, 2.05) is 35.7 Å². The quantitative estimate of drug-likeness (QED) is 0.371. The van der Waals surface area contributed by atoms with Crippen molar-refractivity contribution in [2.75, 3.05) is 5.43 Å². The van der Waals surface area contributed by atoms with Crippen molar-refractivity contribution in [1.82, 2.24) is 4.98 Å². The normalized spacial score (nSPS) is 11.7. The van der Waals surface area contributed by atoms with Gasteiger partial charge in [0, 0.05) is 16.5 Å². The summed E-state index contributed by atoms with van der Waals surface area (Å²) in [5.74, 6) is -2.07. The molecule has 0 saturated carbocycles. The van der Waals surface area contributed by atoms with Gasteiger partial charge in [0.05, 0.1) is 11.9 Å². The molecule has 0 spiro atoms. The SMILES string of the molecule is Fc1c(C=NNc2nc(-c3ccccc3)cs2)cccc1OC(F)(F)F. The molecule has 0 atom stereocenters. The van der Waals surface area contributed by atoms with Crippen LogP contribution in [0.25, 0.3) is 11.3 Å². The van der Waals surface area contributed by atoms with Crippen molar-refractivity contribution < 1.29 is 22.3 Å². The van der Waals surface area contributed by atoms with E-state index in [4.69, 9.17) is 0 Å². The molecule has 3 aromatic rings. The monoisotopic (exact) mass is 381 g/mol. The van der Waals surface area contributed by atoms with Gasteiger partial charge in [0.2, 0.25) is 5.13 Å². The molecule has 0 unspecified atom stereocenters. The molecule has 0 saturated heterocycles. The maximum atomic E-state index is 14.0. The average Bonchev–Trinajstić information content (AvgIpc) is 3.07. The van der Waals surface area contributed by atoms with Gasteiger partial charge in [0.15, 0.2) is 11.6 Å². The van der Waals surface area contributed by atoms with E-state index < -0.39 is 17.9 Å². The number of benzene rings is 2. The van der Waals surface area contributed by atoms with Crippen molar-refractivity contribution in [3.8, 4) is 17.0 Å². The van der Waals surface area contributed by atoms with Gasteiger partial charge >= 0.3 is 6.36 Å². The van der Waals surface area contributed by atoms with E-state index in [0.29, 0.717) is 5.13 Å². The molecule has 0 amide bonds. The van der Waals surface area contributed by atoms with Gasteiger partial charge in [-0.25, -0.2) is 9.37 Å². The van der Waals surface area contributed by atoms with Crippen LogP contribution in [0.2, 0.25) is 0 Å². The zero-order chi connectivity index (χ0) is 18.6. The lowest BCUT2D eigenvalue weighted by atomic mass is 10.2. The van der Waals surface area contributed by atoms with Gasteiger partial charge < -0.3 is 4.74 Å². The summed E-state index contributed by atoms with van der Waals surface area (Å²) in [7, 11) is 0. The zero-order valence-corrected chi connectivity index (χ0v) is 13.8. The first kappa shape index (κ1) is 17.9.